The summed E-state index contributed by atoms with van der Waals surface area (Å²) >= 11 is 0. The Labute approximate surface area is 82.0 Å². The maximum absolute atomic E-state index is 10.9. The molecule has 0 spiro atoms. The van der Waals surface area contributed by atoms with Gasteiger partial charge in [-0.2, -0.15) is 0 Å². The molecule has 0 aliphatic carbocycles. The Morgan fingerprint density at radius 3 is 2.46 bits per heavy atom. The summed E-state index contributed by atoms with van der Waals surface area (Å²) in [4.78, 5) is 0. The number of ether oxygens (including phenoxy) is 3. The Kier molecular flexibility index (Phi) is 8.64. The SMILES string of the molecule is COCCOCC(CS(C)=O)OC. The van der Waals surface area contributed by atoms with Crippen LogP contribution >= 0.6 is 0 Å². The highest BCUT2D eigenvalue weighted by atomic mass is 32.2. The quantitative estimate of drug-likeness (QED) is 0.531. The van der Waals surface area contributed by atoms with Crippen molar-refractivity contribution >= 4 is 10.8 Å². The van der Waals surface area contributed by atoms with Crippen molar-refractivity contribution in [1.29, 1.82) is 0 Å². The summed E-state index contributed by atoms with van der Waals surface area (Å²) in [7, 11) is 2.38. The van der Waals surface area contributed by atoms with Gasteiger partial charge in [0.15, 0.2) is 0 Å². The summed E-state index contributed by atoms with van der Waals surface area (Å²) in [5.74, 6) is 0.517. The molecule has 0 aromatic rings. The Hall–Kier alpha value is 0.0300. The summed E-state index contributed by atoms with van der Waals surface area (Å²) in [6, 6.07) is 0. The Morgan fingerprint density at radius 2 is 2.00 bits per heavy atom. The van der Waals surface area contributed by atoms with Crippen LogP contribution in [-0.2, 0) is 25.0 Å². The third-order valence-corrected chi connectivity index (χ3v) is 2.33. The highest BCUT2D eigenvalue weighted by Crippen LogP contribution is 1.94. The average molecular weight is 210 g/mol. The smallest absolute Gasteiger partial charge is 0.0919 e. The van der Waals surface area contributed by atoms with Crippen molar-refractivity contribution in [3.05, 3.63) is 0 Å². The minimum absolute atomic E-state index is 0.0808. The van der Waals surface area contributed by atoms with Gasteiger partial charge in [-0.05, 0) is 0 Å². The monoisotopic (exact) mass is 210 g/mol. The second-order valence-corrected chi connectivity index (χ2v) is 4.15. The molecule has 13 heavy (non-hydrogen) atoms. The predicted octanol–water partition coefficient (Wildman–Crippen LogP) is 0.0429. The summed E-state index contributed by atoms with van der Waals surface area (Å²) < 4.78 is 26.0. The van der Waals surface area contributed by atoms with E-state index < -0.39 is 10.8 Å². The Bertz CT molecular complexity index is 140. The lowest BCUT2D eigenvalue weighted by atomic mass is 10.4. The topological polar surface area (TPSA) is 44.8 Å². The first-order valence-electron chi connectivity index (χ1n) is 4.10. The molecule has 2 unspecified atom stereocenters. The van der Waals surface area contributed by atoms with E-state index in [4.69, 9.17) is 14.2 Å². The van der Waals surface area contributed by atoms with E-state index in [1.807, 2.05) is 0 Å². The lowest BCUT2D eigenvalue weighted by Gasteiger charge is -2.13. The van der Waals surface area contributed by atoms with Crippen LogP contribution in [0.1, 0.15) is 0 Å². The largest absolute Gasteiger partial charge is 0.382 e. The lowest BCUT2D eigenvalue weighted by molar-refractivity contribution is 0.00264. The van der Waals surface area contributed by atoms with Crippen molar-refractivity contribution in [2.45, 2.75) is 6.10 Å². The number of rotatable bonds is 8. The van der Waals surface area contributed by atoms with Gasteiger partial charge in [-0.3, -0.25) is 4.21 Å². The molecule has 0 aromatic carbocycles. The van der Waals surface area contributed by atoms with Crippen LogP contribution in [0.2, 0.25) is 0 Å². The van der Waals surface area contributed by atoms with E-state index in [9.17, 15) is 4.21 Å². The molecule has 0 aliphatic heterocycles. The van der Waals surface area contributed by atoms with Gasteiger partial charge in [-0.25, -0.2) is 0 Å². The molecule has 0 heterocycles. The van der Waals surface area contributed by atoms with Crippen LogP contribution in [0.15, 0.2) is 0 Å². The Morgan fingerprint density at radius 1 is 1.31 bits per heavy atom. The van der Waals surface area contributed by atoms with Crippen LogP contribution in [0.3, 0.4) is 0 Å². The number of hydrogen-bond donors (Lipinski definition) is 0. The first-order valence-corrected chi connectivity index (χ1v) is 5.83. The molecule has 0 saturated heterocycles. The van der Waals surface area contributed by atoms with Gasteiger partial charge in [0.1, 0.15) is 0 Å². The normalized spacial score (nSPS) is 15.6. The average Bonchev–Trinajstić information content (AvgIpc) is 2.09. The zero-order valence-corrected chi connectivity index (χ0v) is 9.26. The maximum Gasteiger partial charge on any atom is 0.0919 e. The molecule has 0 amide bonds. The van der Waals surface area contributed by atoms with Gasteiger partial charge in [0.25, 0.3) is 0 Å². The van der Waals surface area contributed by atoms with Gasteiger partial charge in [0, 0.05) is 31.3 Å². The van der Waals surface area contributed by atoms with Crippen LogP contribution in [0.5, 0.6) is 0 Å². The van der Waals surface area contributed by atoms with Gasteiger partial charge < -0.3 is 14.2 Å². The molecular weight excluding hydrogens is 192 g/mol. The van der Waals surface area contributed by atoms with Crippen molar-refractivity contribution in [2.75, 3.05) is 46.0 Å². The fourth-order valence-corrected chi connectivity index (χ4v) is 1.56. The summed E-state index contributed by atoms with van der Waals surface area (Å²) in [6.45, 7) is 1.60. The van der Waals surface area contributed by atoms with E-state index in [0.29, 0.717) is 25.6 Å². The molecule has 0 rings (SSSR count). The molecule has 80 valence electrons. The first-order chi connectivity index (χ1) is 6.20. The van der Waals surface area contributed by atoms with Gasteiger partial charge >= 0.3 is 0 Å². The van der Waals surface area contributed by atoms with E-state index in [2.05, 4.69) is 0 Å². The summed E-state index contributed by atoms with van der Waals surface area (Å²) in [5.41, 5.74) is 0. The van der Waals surface area contributed by atoms with E-state index in [1.54, 1.807) is 20.5 Å². The number of methoxy groups -OCH3 is 2. The van der Waals surface area contributed by atoms with E-state index in [-0.39, 0.29) is 6.10 Å². The third kappa shape index (κ3) is 8.36. The van der Waals surface area contributed by atoms with Gasteiger partial charge in [0.2, 0.25) is 0 Å². The first kappa shape index (κ1) is 13.0. The van der Waals surface area contributed by atoms with Crippen LogP contribution < -0.4 is 0 Å². The molecular formula is C8H18O4S. The third-order valence-electron chi connectivity index (χ3n) is 1.49. The van der Waals surface area contributed by atoms with E-state index >= 15 is 0 Å². The van der Waals surface area contributed by atoms with Crippen molar-refractivity contribution in [3.63, 3.8) is 0 Å². The van der Waals surface area contributed by atoms with Crippen molar-refractivity contribution in [1.82, 2.24) is 0 Å². The molecule has 0 saturated carbocycles. The molecule has 4 nitrogen and oxygen atoms in total. The van der Waals surface area contributed by atoms with Crippen molar-refractivity contribution in [3.8, 4) is 0 Å². The van der Waals surface area contributed by atoms with Crippen molar-refractivity contribution in [2.24, 2.45) is 0 Å². The van der Waals surface area contributed by atoms with Crippen LogP contribution in [0, 0.1) is 0 Å². The fourth-order valence-electron chi connectivity index (χ4n) is 0.803. The second kappa shape index (κ2) is 8.62. The molecule has 0 radical (unpaired) electrons. The summed E-state index contributed by atoms with van der Waals surface area (Å²) in [6.07, 6.45) is 1.57. The maximum atomic E-state index is 10.9. The second-order valence-electron chi connectivity index (χ2n) is 2.67. The Balaban J connectivity index is 3.42. The fraction of sp³-hybridized carbons (Fsp3) is 1.00. The molecule has 0 N–H and O–H groups in total. The highest BCUT2D eigenvalue weighted by molar-refractivity contribution is 7.84. The van der Waals surface area contributed by atoms with Gasteiger partial charge in [-0.1, -0.05) is 0 Å². The number of hydrogen-bond acceptors (Lipinski definition) is 4. The molecule has 0 fully saturated rings. The zero-order valence-electron chi connectivity index (χ0n) is 8.45. The molecule has 2 atom stereocenters. The molecule has 5 heteroatoms. The lowest BCUT2D eigenvalue weighted by Crippen LogP contribution is -2.25. The molecule has 0 bridgehead atoms. The zero-order chi connectivity index (χ0) is 10.1. The van der Waals surface area contributed by atoms with Crippen LogP contribution in [0.25, 0.3) is 0 Å². The molecule has 0 aromatic heterocycles. The molecule has 0 aliphatic rings. The standard InChI is InChI=1S/C8H18O4S/c1-10-4-5-12-6-8(11-2)7-13(3)9/h8H,4-7H2,1-3H3. The van der Waals surface area contributed by atoms with E-state index in [0.717, 1.165) is 0 Å². The van der Waals surface area contributed by atoms with Gasteiger partial charge in [-0.15, -0.1) is 0 Å². The predicted molar refractivity (Wildman–Crippen MR) is 52.4 cm³/mol. The van der Waals surface area contributed by atoms with Crippen LogP contribution in [0.4, 0.5) is 0 Å². The van der Waals surface area contributed by atoms with Crippen LogP contribution in [-0.4, -0.2) is 56.4 Å². The van der Waals surface area contributed by atoms with Gasteiger partial charge in [0.05, 0.1) is 31.7 Å². The minimum atomic E-state index is -0.839. The van der Waals surface area contributed by atoms with Crippen molar-refractivity contribution < 1.29 is 18.4 Å². The summed E-state index contributed by atoms with van der Waals surface area (Å²) in [5, 5.41) is 0. The van der Waals surface area contributed by atoms with E-state index in [1.165, 1.54) is 0 Å². The minimum Gasteiger partial charge on any atom is -0.382 e. The highest BCUT2D eigenvalue weighted by Gasteiger charge is 2.08.